The van der Waals surface area contributed by atoms with E-state index in [2.05, 4.69) is 83.1 Å². The molecule has 6 saturated carbocycles. The molecule has 61 heavy (non-hydrogen) atoms. The Morgan fingerprint density at radius 3 is 1.15 bits per heavy atom. The topological polar surface area (TPSA) is 57.5 Å². The Bertz CT molecular complexity index is 1140. The van der Waals surface area contributed by atoms with Gasteiger partial charge in [0.25, 0.3) is 0 Å². The largest absolute Gasteiger partial charge is 0.393 e. The molecule has 14 atom stereocenters. The number of hydrogen-bond acceptors (Lipinski definition) is 3. The second-order valence-electron chi connectivity index (χ2n) is 24.0. The summed E-state index contributed by atoms with van der Waals surface area (Å²) in [7, 11) is 0. The van der Waals surface area contributed by atoms with Crippen LogP contribution in [0.15, 0.2) is 0 Å². The third-order valence-electron chi connectivity index (χ3n) is 18.6. The predicted molar refractivity (Wildman–Crippen MR) is 245 cm³/mol. The van der Waals surface area contributed by atoms with Gasteiger partial charge < -0.3 is 10.2 Å². The van der Waals surface area contributed by atoms with Crippen LogP contribution in [0.4, 0.5) is 0 Å². The van der Waals surface area contributed by atoms with Gasteiger partial charge in [0.05, 0.1) is 12.2 Å². The molecule has 0 heterocycles. The number of hydrogen-bond donors (Lipinski definition) is 2. The van der Waals surface area contributed by atoms with Gasteiger partial charge in [-0.15, -0.1) is 0 Å². The van der Waals surface area contributed by atoms with E-state index in [-0.39, 0.29) is 143 Å². The van der Waals surface area contributed by atoms with Crippen LogP contribution in [0.3, 0.4) is 0 Å². The van der Waals surface area contributed by atoms with Gasteiger partial charge in [0.1, 0.15) is 5.78 Å². The van der Waals surface area contributed by atoms with Gasteiger partial charge in [0.15, 0.2) is 0 Å². The van der Waals surface area contributed by atoms with Crippen molar-refractivity contribution in [1.29, 1.82) is 0 Å². The Morgan fingerprint density at radius 2 is 0.787 bits per heavy atom. The van der Waals surface area contributed by atoms with E-state index in [1.165, 1.54) is 128 Å². The number of ketones is 1. The van der Waals surface area contributed by atoms with Crippen molar-refractivity contribution >= 4 is 5.78 Å². The van der Waals surface area contributed by atoms with Crippen LogP contribution in [0, 0.1) is 87.3 Å². The summed E-state index contributed by atoms with van der Waals surface area (Å²) in [4.78, 5) is 12.2. The summed E-state index contributed by atoms with van der Waals surface area (Å²) in [5, 5.41) is 20.6. The van der Waals surface area contributed by atoms with Crippen LogP contribution in [0.5, 0.6) is 0 Å². The third kappa shape index (κ3) is 17.7. The number of rotatable bonds is 15. The van der Waals surface area contributed by atoms with Crippen molar-refractivity contribution in [2.75, 3.05) is 0 Å². The van der Waals surface area contributed by atoms with Crippen molar-refractivity contribution in [2.24, 2.45) is 87.3 Å². The maximum Gasteiger partial charge on any atom is 0.136 e. The Balaban J connectivity index is 0.000000857. The minimum atomic E-state index is -0.00776. The van der Waals surface area contributed by atoms with Crippen molar-refractivity contribution < 1.29 is 146 Å². The molecular formula is C54H100O3Y4. The van der Waals surface area contributed by atoms with Gasteiger partial charge in [-0.1, -0.05) is 154 Å². The van der Waals surface area contributed by atoms with E-state index < -0.39 is 0 Å². The Kier molecular flexibility index (Phi) is 32.7. The molecule has 0 aromatic rings. The first kappa shape index (κ1) is 65.0. The summed E-state index contributed by atoms with van der Waals surface area (Å²) in [6, 6.07) is 0. The molecule has 7 heteroatoms. The number of aliphatic hydroxyl groups excluding tert-OH is 2. The van der Waals surface area contributed by atoms with Crippen LogP contribution in [-0.2, 0) is 136 Å². The summed E-state index contributed by atoms with van der Waals surface area (Å²) >= 11 is 0. The van der Waals surface area contributed by atoms with Gasteiger partial charge in [0.2, 0.25) is 0 Å². The van der Waals surface area contributed by atoms with Crippen molar-refractivity contribution in [1.82, 2.24) is 0 Å². The first-order valence-electron chi connectivity index (χ1n) is 25.7. The number of fused-ring (bicyclic) bond motifs is 3. The molecular weight excluding hydrogens is 1050 g/mol. The minimum Gasteiger partial charge on any atom is -0.393 e. The molecule has 6 aliphatic carbocycles. The number of aliphatic hydroxyl groups is 2. The molecule has 6 fully saturated rings. The molecule has 0 aromatic carbocycles. The van der Waals surface area contributed by atoms with E-state index in [9.17, 15) is 15.0 Å². The second-order valence-corrected chi connectivity index (χ2v) is 24.0. The molecule has 6 rings (SSSR count). The maximum atomic E-state index is 12.2. The van der Waals surface area contributed by atoms with Crippen molar-refractivity contribution in [2.45, 2.75) is 249 Å². The standard InChI is InChI=1S/2C18H34O.C18H32O.4Y/c3*1-13(2)7-5-8-14(3)15-10-11-16-17(19)9-6-12-18(15,16)4;;;;/h2*13-17,19H,5-12H2,1-4H3;13-16H,5-12H2,1-4H3;;;;/t14-,15?,16+,17?,18-;14-,15?,16+,17+,18-;14-,15?,16+,18-;;;;/m111..../s1. The van der Waals surface area contributed by atoms with Crippen LogP contribution in [0.1, 0.15) is 237 Å². The summed E-state index contributed by atoms with van der Waals surface area (Å²) in [5.41, 5.74) is 1.22. The van der Waals surface area contributed by atoms with Crippen LogP contribution < -0.4 is 0 Å². The van der Waals surface area contributed by atoms with Crippen LogP contribution in [0.2, 0.25) is 0 Å². The van der Waals surface area contributed by atoms with Crippen molar-refractivity contribution in [3.63, 3.8) is 0 Å². The fourth-order valence-corrected chi connectivity index (χ4v) is 15.3. The van der Waals surface area contributed by atoms with Crippen LogP contribution in [-0.4, -0.2) is 28.2 Å². The summed E-state index contributed by atoms with van der Waals surface area (Å²) in [6.45, 7) is 28.7. The quantitative estimate of drug-likeness (QED) is 0.172. The first-order valence-corrected chi connectivity index (χ1v) is 25.7. The number of carbonyl (C=O) groups is 1. The van der Waals surface area contributed by atoms with Crippen molar-refractivity contribution in [3.8, 4) is 0 Å². The molecule has 0 aromatic heterocycles. The van der Waals surface area contributed by atoms with Crippen LogP contribution in [0.25, 0.3) is 0 Å². The normalized spacial score (nSPS) is 36.6. The predicted octanol–water partition coefficient (Wildman–Crippen LogP) is 15.3. The Hall–Kier alpha value is 4.01. The number of carbonyl (C=O) groups excluding carboxylic acids is 1. The zero-order chi connectivity index (χ0) is 42.1. The van der Waals surface area contributed by atoms with E-state index in [0.717, 1.165) is 78.9 Å². The molecule has 0 spiro atoms. The van der Waals surface area contributed by atoms with Crippen LogP contribution >= 0.6 is 0 Å². The van der Waals surface area contributed by atoms with E-state index in [0.29, 0.717) is 39.8 Å². The fraction of sp³-hybridized carbons (Fsp3) is 0.981. The molecule has 2 N–H and O–H groups in total. The Morgan fingerprint density at radius 1 is 0.459 bits per heavy atom. The van der Waals surface area contributed by atoms with Gasteiger partial charge >= 0.3 is 0 Å². The van der Waals surface area contributed by atoms with E-state index >= 15 is 0 Å². The molecule has 4 radical (unpaired) electrons. The SMILES string of the molecule is CC(C)CCC[C@@H](C)C1CC[C@H]2C(=O)CCC[C@]12C.CC(C)CCC[C@@H](C)C1CC[C@H]2C(O)CCC[C@]12C.CC(C)CCC[C@@H](C)C1CC[C@H]2[C@@H](O)CCC[C@]12C.[Y].[Y].[Y].[Y]. The summed E-state index contributed by atoms with van der Waals surface area (Å²) < 4.78 is 0. The van der Waals surface area contributed by atoms with Gasteiger partial charge in [-0.3, -0.25) is 4.79 Å². The van der Waals surface area contributed by atoms with E-state index in [1.54, 1.807) is 0 Å². The van der Waals surface area contributed by atoms with E-state index in [1.807, 2.05) is 0 Å². The zero-order valence-corrected chi connectivity index (χ0v) is 54.0. The monoisotopic (exact) mass is 1150 g/mol. The van der Waals surface area contributed by atoms with Gasteiger partial charge in [0, 0.05) is 143 Å². The van der Waals surface area contributed by atoms with Gasteiger partial charge in [-0.05, 0) is 158 Å². The van der Waals surface area contributed by atoms with Gasteiger partial charge in [-0.25, -0.2) is 0 Å². The number of Topliss-reactive ketones (excluding diaryl/α,β-unsaturated/α-hetero) is 1. The first-order chi connectivity index (χ1) is 26.8. The summed E-state index contributed by atoms with van der Waals surface area (Å²) in [6.07, 6.45) is 30.7. The second kappa shape index (κ2) is 30.7. The molecule has 4 unspecified atom stereocenters. The molecule has 0 aliphatic heterocycles. The van der Waals surface area contributed by atoms with Crippen molar-refractivity contribution in [3.05, 3.63) is 0 Å². The minimum absolute atomic E-state index is 0. The molecule has 6 aliphatic rings. The smallest absolute Gasteiger partial charge is 0.136 e. The molecule has 0 bridgehead atoms. The Labute approximate surface area is 481 Å². The maximum absolute atomic E-state index is 12.2. The third-order valence-corrected chi connectivity index (χ3v) is 18.6. The average Bonchev–Trinajstić information content (AvgIpc) is 3.80. The molecule has 3 nitrogen and oxygen atoms in total. The molecule has 0 amide bonds. The van der Waals surface area contributed by atoms with Gasteiger partial charge in [-0.2, -0.15) is 0 Å². The average molecular weight is 1150 g/mol. The fourth-order valence-electron chi connectivity index (χ4n) is 15.3. The van der Waals surface area contributed by atoms with E-state index in [4.69, 9.17) is 0 Å². The summed E-state index contributed by atoms with van der Waals surface area (Å²) in [5.74, 6) is 9.70. The molecule has 346 valence electrons. The zero-order valence-electron chi connectivity index (χ0n) is 42.7. The molecule has 0 saturated heterocycles.